The van der Waals surface area contributed by atoms with Gasteiger partial charge in [-0.15, -0.1) is 0 Å². The predicted molar refractivity (Wildman–Crippen MR) is 75.7 cm³/mol. The number of hydrogen-bond donors (Lipinski definition) is 2. The number of nitrogens with zero attached hydrogens (tertiary/aromatic N) is 2. The molecule has 21 heavy (non-hydrogen) atoms. The van der Waals surface area contributed by atoms with Gasteiger partial charge in [-0.25, -0.2) is 0 Å². The summed E-state index contributed by atoms with van der Waals surface area (Å²) in [4.78, 5) is 22.5. The minimum atomic E-state index is -0.569. The maximum Gasteiger partial charge on any atom is 0.270 e. The van der Waals surface area contributed by atoms with E-state index >= 15 is 0 Å². The average molecular weight is 290 g/mol. The second-order valence-electron chi connectivity index (χ2n) is 4.42. The molecule has 8 heteroatoms. The van der Waals surface area contributed by atoms with Crippen LogP contribution in [0.4, 0.5) is 11.5 Å². The Labute approximate surface area is 120 Å². The van der Waals surface area contributed by atoms with E-state index in [1.54, 1.807) is 6.92 Å². The van der Waals surface area contributed by atoms with E-state index in [0.717, 1.165) is 11.3 Å². The Morgan fingerprint density at radius 2 is 2.14 bits per heavy atom. The fourth-order valence-electron chi connectivity index (χ4n) is 1.77. The molecule has 110 valence electrons. The highest BCUT2D eigenvalue weighted by Gasteiger charge is 2.19. The predicted octanol–water partition coefficient (Wildman–Crippen LogP) is 2.20. The molecule has 0 saturated carbocycles. The van der Waals surface area contributed by atoms with Crippen molar-refractivity contribution in [3.8, 4) is 5.75 Å². The number of amides is 1. The van der Waals surface area contributed by atoms with Gasteiger partial charge in [0.15, 0.2) is 5.82 Å². The zero-order valence-electron chi connectivity index (χ0n) is 11.8. The van der Waals surface area contributed by atoms with Gasteiger partial charge in [0.25, 0.3) is 11.6 Å². The molecule has 0 bridgehead atoms. The van der Waals surface area contributed by atoms with Gasteiger partial charge in [-0.2, -0.15) is 5.10 Å². The van der Waals surface area contributed by atoms with Gasteiger partial charge in [-0.3, -0.25) is 20.0 Å². The van der Waals surface area contributed by atoms with Gasteiger partial charge in [-0.1, -0.05) is 0 Å². The number of nitro benzene ring substituents is 1. The van der Waals surface area contributed by atoms with Crippen LogP contribution < -0.4 is 10.1 Å². The Kier molecular flexibility index (Phi) is 3.88. The summed E-state index contributed by atoms with van der Waals surface area (Å²) in [6, 6.07) is 3.83. The number of rotatable bonds is 4. The smallest absolute Gasteiger partial charge is 0.270 e. The van der Waals surface area contributed by atoms with Crippen molar-refractivity contribution in [3.05, 3.63) is 45.1 Å². The summed E-state index contributed by atoms with van der Waals surface area (Å²) in [5.74, 6) is 0.110. The fourth-order valence-corrected chi connectivity index (χ4v) is 1.77. The molecule has 2 rings (SSSR count). The van der Waals surface area contributed by atoms with E-state index in [2.05, 4.69) is 15.5 Å². The van der Waals surface area contributed by atoms with Crippen LogP contribution in [0.5, 0.6) is 5.75 Å². The van der Waals surface area contributed by atoms with Crippen molar-refractivity contribution in [1.82, 2.24) is 10.2 Å². The van der Waals surface area contributed by atoms with E-state index in [1.165, 1.54) is 25.3 Å². The lowest BCUT2D eigenvalue weighted by Crippen LogP contribution is -2.14. The van der Waals surface area contributed by atoms with E-state index in [9.17, 15) is 14.9 Å². The number of H-pyrrole nitrogens is 1. The van der Waals surface area contributed by atoms with E-state index in [-0.39, 0.29) is 17.0 Å². The number of nitrogens with one attached hydrogen (secondary N) is 2. The van der Waals surface area contributed by atoms with E-state index in [1.807, 2.05) is 6.92 Å². The molecule has 0 aliphatic heterocycles. The molecule has 0 saturated heterocycles. The number of carbonyl (C=O) groups is 1. The first kappa shape index (κ1) is 14.5. The Hall–Kier alpha value is -2.90. The van der Waals surface area contributed by atoms with Crippen molar-refractivity contribution in [1.29, 1.82) is 0 Å². The number of ether oxygens (including phenoxy) is 1. The molecule has 1 heterocycles. The summed E-state index contributed by atoms with van der Waals surface area (Å²) < 4.78 is 5.06. The third-order valence-corrected chi connectivity index (χ3v) is 3.12. The normalized spacial score (nSPS) is 10.2. The van der Waals surface area contributed by atoms with Crippen molar-refractivity contribution in [3.63, 3.8) is 0 Å². The first-order valence-electron chi connectivity index (χ1n) is 6.09. The molecule has 0 spiro atoms. The molecule has 2 N–H and O–H groups in total. The number of non-ortho nitro benzene ring substituents is 1. The summed E-state index contributed by atoms with van der Waals surface area (Å²) >= 11 is 0. The Bertz CT molecular complexity index is 708. The van der Waals surface area contributed by atoms with Crippen LogP contribution in [-0.4, -0.2) is 28.1 Å². The highest BCUT2D eigenvalue weighted by molar-refractivity contribution is 6.06. The van der Waals surface area contributed by atoms with Gasteiger partial charge in [0.1, 0.15) is 5.75 Å². The molecular formula is C13H14N4O4. The van der Waals surface area contributed by atoms with Crippen molar-refractivity contribution >= 4 is 17.4 Å². The van der Waals surface area contributed by atoms with Crippen LogP contribution in [0, 0.1) is 24.0 Å². The van der Waals surface area contributed by atoms with Gasteiger partial charge in [-0.05, 0) is 19.9 Å². The molecule has 0 aliphatic rings. The first-order chi connectivity index (χ1) is 9.93. The van der Waals surface area contributed by atoms with Crippen LogP contribution in [0.1, 0.15) is 21.6 Å². The van der Waals surface area contributed by atoms with Crippen LogP contribution in [0.3, 0.4) is 0 Å². The summed E-state index contributed by atoms with van der Waals surface area (Å²) in [5, 5.41) is 20.1. The molecule has 0 fully saturated rings. The van der Waals surface area contributed by atoms with Crippen molar-refractivity contribution in [2.45, 2.75) is 13.8 Å². The van der Waals surface area contributed by atoms with Crippen molar-refractivity contribution < 1.29 is 14.5 Å². The van der Waals surface area contributed by atoms with Gasteiger partial charge in [0, 0.05) is 23.4 Å². The number of anilines is 1. The second kappa shape index (κ2) is 5.61. The highest BCUT2D eigenvalue weighted by Crippen LogP contribution is 2.25. The number of aromatic amines is 1. The van der Waals surface area contributed by atoms with E-state index in [4.69, 9.17) is 4.74 Å². The minimum Gasteiger partial charge on any atom is -0.496 e. The van der Waals surface area contributed by atoms with E-state index in [0.29, 0.717) is 5.82 Å². The Morgan fingerprint density at radius 3 is 2.67 bits per heavy atom. The van der Waals surface area contributed by atoms with Gasteiger partial charge in [0.2, 0.25) is 0 Å². The summed E-state index contributed by atoms with van der Waals surface area (Å²) in [6.07, 6.45) is 0. The van der Waals surface area contributed by atoms with E-state index < -0.39 is 10.8 Å². The van der Waals surface area contributed by atoms with Crippen LogP contribution in [0.2, 0.25) is 0 Å². The average Bonchev–Trinajstić information content (AvgIpc) is 2.78. The second-order valence-corrected chi connectivity index (χ2v) is 4.42. The number of methoxy groups -OCH3 is 1. The molecule has 1 amide bonds. The number of aromatic nitrogens is 2. The van der Waals surface area contributed by atoms with Crippen molar-refractivity contribution in [2.75, 3.05) is 12.4 Å². The summed E-state index contributed by atoms with van der Waals surface area (Å²) in [5.41, 5.74) is 1.52. The van der Waals surface area contributed by atoms with Crippen LogP contribution >= 0.6 is 0 Å². The summed E-state index contributed by atoms with van der Waals surface area (Å²) in [6.45, 7) is 3.63. The lowest BCUT2D eigenvalue weighted by molar-refractivity contribution is -0.384. The largest absolute Gasteiger partial charge is 0.496 e. The fraction of sp³-hybridized carbons (Fsp3) is 0.231. The lowest BCUT2D eigenvalue weighted by atomic mass is 10.1. The maximum atomic E-state index is 12.3. The quantitative estimate of drug-likeness (QED) is 0.662. The number of aryl methyl sites for hydroxylation is 1. The van der Waals surface area contributed by atoms with Crippen LogP contribution in [0.25, 0.3) is 0 Å². The molecule has 0 aliphatic carbocycles. The molecule has 1 aromatic heterocycles. The molecule has 8 nitrogen and oxygen atoms in total. The number of carbonyl (C=O) groups excluding carboxylic acids is 1. The number of nitro groups is 1. The van der Waals surface area contributed by atoms with Crippen molar-refractivity contribution in [2.24, 2.45) is 0 Å². The lowest BCUT2D eigenvalue weighted by Gasteiger charge is -2.08. The zero-order valence-corrected chi connectivity index (χ0v) is 11.8. The molecule has 2 aromatic rings. The number of hydrogen-bond acceptors (Lipinski definition) is 5. The molecular weight excluding hydrogens is 276 g/mol. The topological polar surface area (TPSA) is 110 Å². The molecule has 0 unspecified atom stereocenters. The first-order valence-corrected chi connectivity index (χ1v) is 6.09. The Morgan fingerprint density at radius 1 is 1.43 bits per heavy atom. The highest BCUT2D eigenvalue weighted by atomic mass is 16.6. The molecule has 0 radical (unpaired) electrons. The van der Waals surface area contributed by atoms with Gasteiger partial charge in [0.05, 0.1) is 17.6 Å². The third kappa shape index (κ3) is 2.83. The van der Waals surface area contributed by atoms with Crippen LogP contribution in [0.15, 0.2) is 18.2 Å². The summed E-state index contributed by atoms with van der Waals surface area (Å²) in [7, 11) is 1.39. The molecule has 1 aromatic carbocycles. The zero-order chi connectivity index (χ0) is 15.6. The SMILES string of the molecule is COc1ccc([N+](=O)[O-])cc1C(=O)Nc1n[nH]c(C)c1C. The van der Waals surface area contributed by atoms with Crippen LogP contribution in [-0.2, 0) is 0 Å². The number of benzene rings is 1. The van der Waals surface area contributed by atoms with Gasteiger partial charge < -0.3 is 10.1 Å². The standard InChI is InChI=1S/C13H14N4O4/c1-7-8(2)15-16-12(7)14-13(18)10-6-9(17(19)20)4-5-11(10)21-3/h4-6H,1-3H3,(H2,14,15,16,18). The third-order valence-electron chi connectivity index (χ3n) is 3.12. The van der Waals surface area contributed by atoms with Gasteiger partial charge >= 0.3 is 0 Å². The minimum absolute atomic E-state index is 0.0757. The monoisotopic (exact) mass is 290 g/mol. The Balaban J connectivity index is 2.35. The molecule has 0 atom stereocenters. The maximum absolute atomic E-state index is 12.3.